The molecule has 6 nitrogen and oxygen atoms in total. The number of furan rings is 1. The van der Waals surface area contributed by atoms with Gasteiger partial charge in [0.25, 0.3) is 5.91 Å². The van der Waals surface area contributed by atoms with Crippen LogP contribution in [0.25, 0.3) is 11.1 Å². The summed E-state index contributed by atoms with van der Waals surface area (Å²) in [7, 11) is 0. The number of carboxylic acids is 1. The first-order valence-electron chi connectivity index (χ1n) is 6.79. The smallest absolute Gasteiger partial charge is 0.311 e. The minimum atomic E-state index is -0.878. The topological polar surface area (TPSA) is 83.6 Å². The zero-order chi connectivity index (χ0) is 15.2. The fourth-order valence-electron chi connectivity index (χ4n) is 2.60. The molecule has 0 aliphatic carbocycles. The van der Waals surface area contributed by atoms with E-state index >= 15 is 0 Å². The molecule has 21 heavy (non-hydrogen) atoms. The van der Waals surface area contributed by atoms with Gasteiger partial charge in [-0.05, 0) is 32.4 Å². The van der Waals surface area contributed by atoms with Gasteiger partial charge < -0.3 is 14.4 Å². The Balaban J connectivity index is 1.86. The van der Waals surface area contributed by atoms with Crippen molar-refractivity contribution in [2.24, 2.45) is 5.41 Å². The van der Waals surface area contributed by atoms with Crippen molar-refractivity contribution in [3.63, 3.8) is 0 Å². The number of hydrogen-bond acceptors (Lipinski definition) is 4. The first kappa shape index (κ1) is 13.6. The molecule has 0 radical (unpaired) electrons. The van der Waals surface area contributed by atoms with Crippen molar-refractivity contribution >= 4 is 23.0 Å². The van der Waals surface area contributed by atoms with Gasteiger partial charge in [-0.3, -0.25) is 9.59 Å². The lowest BCUT2D eigenvalue weighted by molar-refractivity contribution is -0.147. The van der Waals surface area contributed by atoms with Crippen LogP contribution >= 0.6 is 0 Å². The number of likely N-dealkylation sites (tertiary alicyclic amines) is 1. The second-order valence-corrected chi connectivity index (χ2v) is 5.79. The first-order valence-corrected chi connectivity index (χ1v) is 6.79. The number of carbonyl (C=O) groups excluding carboxylic acids is 1. The van der Waals surface area contributed by atoms with Gasteiger partial charge in [-0.2, -0.15) is 0 Å². The monoisotopic (exact) mass is 288 g/mol. The van der Waals surface area contributed by atoms with Crippen LogP contribution in [0.15, 0.2) is 22.6 Å². The Labute approximate surface area is 121 Å². The fraction of sp³-hybridized carbons (Fsp3) is 0.400. The maximum Gasteiger partial charge on any atom is 0.311 e. The van der Waals surface area contributed by atoms with Crippen molar-refractivity contribution in [3.8, 4) is 0 Å². The summed E-state index contributed by atoms with van der Waals surface area (Å²) in [5, 5.41) is 9.22. The molecule has 1 aliphatic rings. The van der Waals surface area contributed by atoms with E-state index in [0.717, 1.165) is 5.69 Å². The van der Waals surface area contributed by atoms with Crippen LogP contribution in [0.2, 0.25) is 0 Å². The van der Waals surface area contributed by atoms with Gasteiger partial charge in [-0.25, -0.2) is 4.98 Å². The van der Waals surface area contributed by atoms with E-state index in [-0.39, 0.29) is 18.2 Å². The zero-order valence-electron chi connectivity index (χ0n) is 11.9. The molecule has 1 aliphatic heterocycles. The highest BCUT2D eigenvalue weighted by atomic mass is 16.4. The van der Waals surface area contributed by atoms with Crippen molar-refractivity contribution in [3.05, 3.63) is 29.7 Å². The Hall–Kier alpha value is -2.37. The summed E-state index contributed by atoms with van der Waals surface area (Å²) in [6.45, 7) is 4.15. The number of aromatic nitrogens is 1. The summed E-state index contributed by atoms with van der Waals surface area (Å²) in [6.07, 6.45) is 0.450. The molecule has 1 fully saturated rings. The Bertz CT molecular complexity index is 736. The average molecular weight is 288 g/mol. The number of aliphatic carboxylic acids is 1. The van der Waals surface area contributed by atoms with Crippen LogP contribution in [-0.4, -0.2) is 40.0 Å². The van der Waals surface area contributed by atoms with Crippen LogP contribution in [0.5, 0.6) is 0 Å². The largest absolute Gasteiger partial charge is 0.481 e. The highest BCUT2D eigenvalue weighted by Crippen LogP contribution is 2.31. The summed E-state index contributed by atoms with van der Waals surface area (Å²) in [5.41, 5.74) is 1.17. The van der Waals surface area contributed by atoms with Gasteiger partial charge in [0.1, 0.15) is 5.52 Å². The summed E-state index contributed by atoms with van der Waals surface area (Å²) in [6, 6.07) is 5.21. The fourth-order valence-corrected chi connectivity index (χ4v) is 2.60. The van der Waals surface area contributed by atoms with Gasteiger partial charge in [0.2, 0.25) is 0 Å². The van der Waals surface area contributed by atoms with Crippen LogP contribution in [0.3, 0.4) is 0 Å². The molecule has 1 amide bonds. The lowest BCUT2D eigenvalue weighted by Crippen LogP contribution is -2.34. The second kappa shape index (κ2) is 4.58. The summed E-state index contributed by atoms with van der Waals surface area (Å²) in [4.78, 5) is 29.5. The number of hydrogen-bond donors (Lipinski definition) is 1. The van der Waals surface area contributed by atoms with Crippen LogP contribution < -0.4 is 0 Å². The third-order valence-electron chi connectivity index (χ3n) is 4.00. The van der Waals surface area contributed by atoms with Crippen LogP contribution in [-0.2, 0) is 4.79 Å². The van der Waals surface area contributed by atoms with Gasteiger partial charge >= 0.3 is 5.97 Å². The quantitative estimate of drug-likeness (QED) is 0.914. The van der Waals surface area contributed by atoms with E-state index < -0.39 is 11.4 Å². The van der Waals surface area contributed by atoms with E-state index in [1.807, 2.05) is 13.0 Å². The summed E-state index contributed by atoms with van der Waals surface area (Å²) in [5.74, 6) is -0.951. The molecule has 0 bridgehead atoms. The second-order valence-electron chi connectivity index (χ2n) is 5.79. The van der Waals surface area contributed by atoms with Crippen LogP contribution in [0.1, 0.15) is 29.6 Å². The molecule has 2 aromatic rings. The summed E-state index contributed by atoms with van der Waals surface area (Å²) >= 11 is 0. The molecule has 3 rings (SSSR count). The zero-order valence-corrected chi connectivity index (χ0v) is 11.9. The number of carbonyl (C=O) groups is 2. The van der Waals surface area contributed by atoms with E-state index in [0.29, 0.717) is 24.1 Å². The molecule has 3 heterocycles. The molecule has 1 N–H and O–H groups in total. The Morgan fingerprint density at radius 1 is 1.43 bits per heavy atom. The van der Waals surface area contributed by atoms with E-state index in [4.69, 9.17) is 4.42 Å². The van der Waals surface area contributed by atoms with Crippen molar-refractivity contribution in [1.82, 2.24) is 9.88 Å². The molecule has 110 valence electrons. The maximum absolute atomic E-state index is 12.4. The van der Waals surface area contributed by atoms with Crippen molar-refractivity contribution < 1.29 is 19.1 Å². The maximum atomic E-state index is 12.4. The molecule has 1 saturated heterocycles. The van der Waals surface area contributed by atoms with Gasteiger partial charge in [0.15, 0.2) is 11.3 Å². The molecular formula is C15H16N2O4. The number of fused-ring (bicyclic) bond motifs is 1. The average Bonchev–Trinajstić information content (AvgIpc) is 3.02. The van der Waals surface area contributed by atoms with E-state index in [1.54, 1.807) is 19.1 Å². The highest BCUT2D eigenvalue weighted by Gasteiger charge is 2.42. The Kier molecular flexibility index (Phi) is 2.97. The first-order chi connectivity index (χ1) is 9.89. The van der Waals surface area contributed by atoms with Gasteiger partial charge in [-0.1, -0.05) is 0 Å². The third kappa shape index (κ3) is 2.26. The number of pyridine rings is 1. The van der Waals surface area contributed by atoms with Crippen molar-refractivity contribution in [1.29, 1.82) is 0 Å². The minimum Gasteiger partial charge on any atom is -0.481 e. The third-order valence-corrected chi connectivity index (χ3v) is 4.00. The molecule has 1 atom stereocenters. The van der Waals surface area contributed by atoms with E-state index in [1.165, 1.54) is 4.90 Å². The number of aryl methyl sites for hydroxylation is 1. The number of nitrogens with zero attached hydrogens (tertiary/aromatic N) is 2. The standard InChI is InChI=1S/C15H16N2O4/c1-9-3-4-11-10(16-9)7-12(21-11)13(18)17-6-5-15(2,8-17)14(19)20/h3-4,7H,5-6,8H2,1-2H3,(H,19,20)/t15-/m0/s1. The molecular weight excluding hydrogens is 272 g/mol. The van der Waals surface area contributed by atoms with Gasteiger partial charge in [0.05, 0.1) is 5.41 Å². The SMILES string of the molecule is Cc1ccc2oc(C(=O)N3CC[C@](C)(C(=O)O)C3)cc2n1. The number of rotatable bonds is 2. The molecule has 0 unspecified atom stereocenters. The van der Waals surface area contributed by atoms with Crippen molar-refractivity contribution in [2.75, 3.05) is 13.1 Å². The lowest BCUT2D eigenvalue weighted by Gasteiger charge is -2.19. The minimum absolute atomic E-state index is 0.199. The lowest BCUT2D eigenvalue weighted by atomic mass is 9.90. The van der Waals surface area contributed by atoms with Gasteiger partial charge in [-0.15, -0.1) is 0 Å². The van der Waals surface area contributed by atoms with E-state index in [9.17, 15) is 14.7 Å². The Morgan fingerprint density at radius 2 is 2.19 bits per heavy atom. The normalized spacial score (nSPS) is 21.9. The highest BCUT2D eigenvalue weighted by molar-refractivity contribution is 5.96. The number of carboxylic acid groups (broad SMARTS) is 1. The number of amides is 1. The van der Waals surface area contributed by atoms with Gasteiger partial charge in [0, 0.05) is 24.8 Å². The molecule has 0 aromatic carbocycles. The molecule has 0 spiro atoms. The predicted molar refractivity (Wildman–Crippen MR) is 75.0 cm³/mol. The molecule has 0 saturated carbocycles. The Morgan fingerprint density at radius 3 is 2.86 bits per heavy atom. The van der Waals surface area contributed by atoms with Crippen LogP contribution in [0.4, 0.5) is 0 Å². The summed E-state index contributed by atoms with van der Waals surface area (Å²) < 4.78 is 5.52. The van der Waals surface area contributed by atoms with Crippen LogP contribution in [0, 0.1) is 12.3 Å². The molecule has 2 aromatic heterocycles. The predicted octanol–water partition coefficient (Wildman–Crippen LogP) is 2.07. The molecule has 6 heteroatoms. The van der Waals surface area contributed by atoms with Crippen molar-refractivity contribution in [2.45, 2.75) is 20.3 Å². The van der Waals surface area contributed by atoms with E-state index in [2.05, 4.69) is 4.98 Å².